The highest BCUT2D eigenvalue weighted by Gasteiger charge is 2.33. The molecule has 0 aromatic rings. The fraction of sp³-hybridized carbons (Fsp3) is 0.909. The fourth-order valence-electron chi connectivity index (χ4n) is 2.11. The lowest BCUT2D eigenvalue weighted by Gasteiger charge is -2.32. The topological polar surface area (TPSA) is 29.5 Å². The van der Waals surface area contributed by atoms with Crippen LogP contribution in [-0.2, 0) is 9.53 Å². The lowest BCUT2D eigenvalue weighted by Crippen LogP contribution is -2.42. The zero-order chi connectivity index (χ0) is 10.8. The molecular weight excluding hydrogens is 178 g/mol. The van der Waals surface area contributed by atoms with Crippen LogP contribution in [0.5, 0.6) is 0 Å². The molecule has 3 nitrogen and oxygen atoms in total. The molecule has 0 spiro atoms. The second-order valence-electron chi connectivity index (χ2n) is 4.79. The molecule has 1 aliphatic heterocycles. The third kappa shape index (κ3) is 2.47. The van der Waals surface area contributed by atoms with E-state index in [1.54, 1.807) is 0 Å². The van der Waals surface area contributed by atoms with Crippen LogP contribution in [0.4, 0.5) is 0 Å². The molecule has 1 heterocycles. The van der Waals surface area contributed by atoms with Crippen molar-refractivity contribution >= 4 is 5.97 Å². The second-order valence-corrected chi connectivity index (χ2v) is 4.79. The van der Waals surface area contributed by atoms with Crippen molar-refractivity contribution in [3.63, 3.8) is 0 Å². The van der Waals surface area contributed by atoms with Crippen LogP contribution in [0, 0.1) is 5.92 Å². The molecule has 1 saturated heterocycles. The summed E-state index contributed by atoms with van der Waals surface area (Å²) in [5, 5.41) is 0. The van der Waals surface area contributed by atoms with Gasteiger partial charge in [-0.2, -0.15) is 0 Å². The smallest absolute Gasteiger partial charge is 0.309 e. The van der Waals surface area contributed by atoms with Crippen molar-refractivity contribution in [2.45, 2.75) is 39.2 Å². The molecule has 1 fully saturated rings. The minimum atomic E-state index is -0.104. The van der Waals surface area contributed by atoms with Crippen molar-refractivity contribution < 1.29 is 9.53 Å². The molecule has 0 aromatic carbocycles. The van der Waals surface area contributed by atoms with Gasteiger partial charge in [0.05, 0.1) is 13.0 Å². The Kier molecular flexibility index (Phi) is 3.53. The van der Waals surface area contributed by atoms with Crippen LogP contribution >= 0.6 is 0 Å². The first kappa shape index (κ1) is 11.5. The summed E-state index contributed by atoms with van der Waals surface area (Å²) in [6.45, 7) is 8.34. The molecule has 14 heavy (non-hydrogen) atoms. The van der Waals surface area contributed by atoms with E-state index in [0.29, 0.717) is 0 Å². The maximum absolute atomic E-state index is 11.3. The summed E-state index contributed by atoms with van der Waals surface area (Å²) in [5.41, 5.74) is 0.252. The lowest BCUT2D eigenvalue weighted by atomic mass is 10.0. The molecule has 1 rings (SSSR count). The first-order valence-corrected chi connectivity index (χ1v) is 5.30. The molecule has 0 bridgehead atoms. The normalized spacial score (nSPS) is 23.4. The van der Waals surface area contributed by atoms with Crippen LogP contribution in [0.2, 0.25) is 0 Å². The SMILES string of the molecule is COC(=O)C(C)CN1CCCC1(C)C. The second kappa shape index (κ2) is 4.30. The molecule has 1 aliphatic rings. The van der Waals surface area contributed by atoms with Gasteiger partial charge in [-0.1, -0.05) is 6.92 Å². The van der Waals surface area contributed by atoms with Crippen LogP contribution < -0.4 is 0 Å². The number of carbonyl (C=O) groups is 1. The Labute approximate surface area is 86.4 Å². The van der Waals surface area contributed by atoms with Gasteiger partial charge in [-0.3, -0.25) is 9.69 Å². The van der Waals surface area contributed by atoms with E-state index in [1.165, 1.54) is 20.0 Å². The van der Waals surface area contributed by atoms with Gasteiger partial charge in [0.25, 0.3) is 0 Å². The summed E-state index contributed by atoms with van der Waals surface area (Å²) in [5.74, 6) is -0.120. The van der Waals surface area contributed by atoms with Crippen LogP contribution in [0.25, 0.3) is 0 Å². The van der Waals surface area contributed by atoms with Gasteiger partial charge >= 0.3 is 5.97 Å². The summed E-state index contributed by atoms with van der Waals surface area (Å²) < 4.78 is 4.72. The van der Waals surface area contributed by atoms with Crippen molar-refractivity contribution in [1.82, 2.24) is 4.90 Å². The minimum Gasteiger partial charge on any atom is -0.469 e. The predicted octanol–water partition coefficient (Wildman–Crippen LogP) is 1.67. The maximum atomic E-state index is 11.3. The fourth-order valence-corrected chi connectivity index (χ4v) is 2.11. The van der Waals surface area contributed by atoms with Gasteiger partial charge in [-0.25, -0.2) is 0 Å². The Hall–Kier alpha value is -0.570. The molecule has 0 radical (unpaired) electrons. The lowest BCUT2D eigenvalue weighted by molar-refractivity contribution is -0.145. The third-order valence-electron chi connectivity index (χ3n) is 3.17. The molecule has 0 amide bonds. The Bertz CT molecular complexity index is 213. The van der Waals surface area contributed by atoms with Crippen LogP contribution in [-0.4, -0.2) is 36.6 Å². The van der Waals surface area contributed by atoms with E-state index in [4.69, 9.17) is 4.74 Å². The molecule has 0 aromatic heterocycles. The first-order chi connectivity index (χ1) is 6.47. The number of hydrogen-bond acceptors (Lipinski definition) is 3. The standard InChI is InChI=1S/C11H21NO2/c1-9(10(13)14-4)8-12-7-5-6-11(12,2)3/h9H,5-8H2,1-4H3. The first-order valence-electron chi connectivity index (χ1n) is 5.30. The van der Waals surface area contributed by atoms with Crippen molar-refractivity contribution in [2.24, 2.45) is 5.92 Å². The molecular formula is C11H21NO2. The van der Waals surface area contributed by atoms with Gasteiger partial charge < -0.3 is 4.74 Å². The Balaban J connectivity index is 2.48. The Morgan fingerprint density at radius 2 is 2.21 bits per heavy atom. The Morgan fingerprint density at radius 1 is 1.57 bits per heavy atom. The van der Waals surface area contributed by atoms with Gasteiger partial charge in [0.15, 0.2) is 0 Å². The van der Waals surface area contributed by atoms with Gasteiger partial charge in [0.1, 0.15) is 0 Å². The molecule has 1 unspecified atom stereocenters. The van der Waals surface area contributed by atoms with Crippen molar-refractivity contribution in [1.29, 1.82) is 0 Å². The number of rotatable bonds is 3. The molecule has 0 aliphatic carbocycles. The van der Waals surface area contributed by atoms with Crippen molar-refractivity contribution in [3.8, 4) is 0 Å². The number of esters is 1. The number of carbonyl (C=O) groups excluding carboxylic acids is 1. The minimum absolute atomic E-state index is 0.0163. The number of methoxy groups -OCH3 is 1. The van der Waals surface area contributed by atoms with Gasteiger partial charge in [-0.15, -0.1) is 0 Å². The summed E-state index contributed by atoms with van der Waals surface area (Å²) in [7, 11) is 1.45. The highest BCUT2D eigenvalue weighted by molar-refractivity contribution is 5.72. The van der Waals surface area contributed by atoms with E-state index < -0.39 is 0 Å². The van der Waals surface area contributed by atoms with Gasteiger partial charge in [-0.05, 0) is 33.2 Å². The monoisotopic (exact) mass is 199 g/mol. The van der Waals surface area contributed by atoms with E-state index >= 15 is 0 Å². The average molecular weight is 199 g/mol. The molecule has 82 valence electrons. The summed E-state index contributed by atoms with van der Waals surface area (Å²) >= 11 is 0. The molecule has 3 heteroatoms. The van der Waals surface area contributed by atoms with Crippen LogP contribution in [0.1, 0.15) is 33.6 Å². The van der Waals surface area contributed by atoms with Crippen molar-refractivity contribution in [2.75, 3.05) is 20.2 Å². The van der Waals surface area contributed by atoms with Gasteiger partial charge in [0, 0.05) is 12.1 Å². The van der Waals surface area contributed by atoms with E-state index in [0.717, 1.165) is 13.1 Å². The predicted molar refractivity (Wildman–Crippen MR) is 56.1 cm³/mol. The molecule has 0 saturated carbocycles. The highest BCUT2D eigenvalue weighted by Crippen LogP contribution is 2.28. The molecule has 1 atom stereocenters. The number of likely N-dealkylation sites (tertiary alicyclic amines) is 1. The summed E-state index contributed by atoms with van der Waals surface area (Å²) in [4.78, 5) is 13.6. The van der Waals surface area contributed by atoms with Gasteiger partial charge in [0.2, 0.25) is 0 Å². The average Bonchev–Trinajstić information content (AvgIpc) is 2.44. The Morgan fingerprint density at radius 3 is 2.64 bits per heavy atom. The summed E-state index contributed by atoms with van der Waals surface area (Å²) in [6, 6.07) is 0. The maximum Gasteiger partial charge on any atom is 0.309 e. The van der Waals surface area contributed by atoms with E-state index in [2.05, 4.69) is 18.7 Å². The largest absolute Gasteiger partial charge is 0.469 e. The highest BCUT2D eigenvalue weighted by atomic mass is 16.5. The van der Waals surface area contributed by atoms with E-state index in [-0.39, 0.29) is 17.4 Å². The summed E-state index contributed by atoms with van der Waals surface area (Å²) in [6.07, 6.45) is 2.46. The van der Waals surface area contributed by atoms with E-state index in [1.807, 2.05) is 6.92 Å². The zero-order valence-electron chi connectivity index (χ0n) is 9.67. The number of ether oxygens (including phenoxy) is 1. The quantitative estimate of drug-likeness (QED) is 0.648. The van der Waals surface area contributed by atoms with Crippen LogP contribution in [0.3, 0.4) is 0 Å². The van der Waals surface area contributed by atoms with Crippen molar-refractivity contribution in [3.05, 3.63) is 0 Å². The van der Waals surface area contributed by atoms with E-state index in [9.17, 15) is 4.79 Å². The zero-order valence-corrected chi connectivity index (χ0v) is 9.67. The number of nitrogens with zero attached hydrogens (tertiary/aromatic N) is 1. The molecule has 0 N–H and O–H groups in total. The number of hydrogen-bond donors (Lipinski definition) is 0. The third-order valence-corrected chi connectivity index (χ3v) is 3.17. The van der Waals surface area contributed by atoms with Crippen LogP contribution in [0.15, 0.2) is 0 Å².